The van der Waals surface area contributed by atoms with E-state index in [0.717, 1.165) is 19.3 Å². The van der Waals surface area contributed by atoms with Crippen LogP contribution < -0.4 is 0 Å². The third-order valence-electron chi connectivity index (χ3n) is 2.76. The van der Waals surface area contributed by atoms with Crippen LogP contribution in [0, 0.1) is 11.8 Å². The van der Waals surface area contributed by atoms with Gasteiger partial charge in [0.15, 0.2) is 0 Å². The van der Waals surface area contributed by atoms with Gasteiger partial charge in [0.05, 0.1) is 0 Å². The Morgan fingerprint density at radius 1 is 0.875 bits per heavy atom. The van der Waals surface area contributed by atoms with Crippen LogP contribution in [0.4, 0.5) is 0 Å². The molecule has 16 heavy (non-hydrogen) atoms. The van der Waals surface area contributed by atoms with E-state index >= 15 is 0 Å². The minimum atomic E-state index is -0.386. The van der Waals surface area contributed by atoms with Crippen molar-refractivity contribution in [1.29, 1.82) is 0 Å². The number of hydrogen-bond donors (Lipinski definition) is 1. The van der Waals surface area contributed by atoms with Gasteiger partial charge in [-0.25, -0.2) is 0 Å². The minimum absolute atomic E-state index is 0.386. The van der Waals surface area contributed by atoms with Crippen molar-refractivity contribution < 1.29 is 5.11 Å². The fourth-order valence-corrected chi connectivity index (χ4v) is 1.67. The van der Waals surface area contributed by atoms with Gasteiger partial charge in [0.25, 0.3) is 0 Å². The highest BCUT2D eigenvalue weighted by atomic mass is 16.3. The SMILES string of the molecule is CCCCCC#CC(O)CCCCCCC. The Bertz CT molecular complexity index is 187. The maximum atomic E-state index is 9.59. The first-order valence-corrected chi connectivity index (χ1v) is 6.97. The van der Waals surface area contributed by atoms with Gasteiger partial charge in [0.1, 0.15) is 6.10 Å². The van der Waals surface area contributed by atoms with Crippen LogP contribution in [0.2, 0.25) is 0 Å². The lowest BCUT2D eigenvalue weighted by atomic mass is 10.1. The maximum absolute atomic E-state index is 9.59. The normalized spacial score (nSPS) is 11.9. The first-order valence-electron chi connectivity index (χ1n) is 6.97. The second-order valence-corrected chi connectivity index (χ2v) is 4.50. The molecular weight excluding hydrogens is 196 g/mol. The Balaban J connectivity index is 3.31. The van der Waals surface area contributed by atoms with Crippen molar-refractivity contribution in [2.45, 2.75) is 84.2 Å². The van der Waals surface area contributed by atoms with E-state index in [1.165, 1.54) is 44.9 Å². The Kier molecular flexibility index (Phi) is 12.2. The zero-order chi connectivity index (χ0) is 12.1. The summed E-state index contributed by atoms with van der Waals surface area (Å²) in [5.41, 5.74) is 0. The second kappa shape index (κ2) is 12.6. The Hall–Kier alpha value is -0.480. The summed E-state index contributed by atoms with van der Waals surface area (Å²) in [6, 6.07) is 0. The molecule has 0 saturated heterocycles. The molecule has 0 bridgehead atoms. The quantitative estimate of drug-likeness (QED) is 0.457. The van der Waals surface area contributed by atoms with E-state index in [4.69, 9.17) is 0 Å². The van der Waals surface area contributed by atoms with Crippen LogP contribution in [0.1, 0.15) is 78.1 Å². The van der Waals surface area contributed by atoms with Crippen molar-refractivity contribution in [3.63, 3.8) is 0 Å². The summed E-state index contributed by atoms with van der Waals surface area (Å²) in [5.74, 6) is 6.01. The van der Waals surface area contributed by atoms with Gasteiger partial charge in [-0.15, -0.1) is 5.92 Å². The summed E-state index contributed by atoms with van der Waals surface area (Å²) in [7, 11) is 0. The average molecular weight is 224 g/mol. The van der Waals surface area contributed by atoms with E-state index in [0.29, 0.717) is 0 Å². The lowest BCUT2D eigenvalue weighted by Crippen LogP contribution is -2.02. The summed E-state index contributed by atoms with van der Waals surface area (Å²) in [6.45, 7) is 4.41. The second-order valence-electron chi connectivity index (χ2n) is 4.50. The molecule has 0 fully saturated rings. The molecule has 0 aromatic heterocycles. The smallest absolute Gasteiger partial charge is 0.114 e. The third-order valence-corrected chi connectivity index (χ3v) is 2.76. The summed E-state index contributed by atoms with van der Waals surface area (Å²) in [6.07, 6.45) is 11.3. The molecule has 0 heterocycles. The van der Waals surface area contributed by atoms with Crippen molar-refractivity contribution in [3.8, 4) is 11.8 Å². The maximum Gasteiger partial charge on any atom is 0.114 e. The van der Waals surface area contributed by atoms with Crippen molar-refractivity contribution in [1.82, 2.24) is 0 Å². The van der Waals surface area contributed by atoms with Crippen LogP contribution in [-0.4, -0.2) is 11.2 Å². The topological polar surface area (TPSA) is 20.2 Å². The monoisotopic (exact) mass is 224 g/mol. The van der Waals surface area contributed by atoms with Gasteiger partial charge in [-0.05, 0) is 19.3 Å². The molecule has 1 unspecified atom stereocenters. The molecule has 0 spiro atoms. The molecule has 1 nitrogen and oxygen atoms in total. The van der Waals surface area contributed by atoms with Gasteiger partial charge < -0.3 is 5.11 Å². The minimum Gasteiger partial charge on any atom is -0.380 e. The molecule has 94 valence electrons. The average Bonchev–Trinajstić information content (AvgIpc) is 2.28. The predicted octanol–water partition coefficient (Wildman–Crippen LogP) is 4.29. The Morgan fingerprint density at radius 2 is 1.50 bits per heavy atom. The number of hydrogen-bond acceptors (Lipinski definition) is 1. The van der Waals surface area contributed by atoms with Gasteiger partial charge in [0.2, 0.25) is 0 Å². The van der Waals surface area contributed by atoms with E-state index in [1.807, 2.05) is 0 Å². The van der Waals surface area contributed by atoms with Gasteiger partial charge >= 0.3 is 0 Å². The zero-order valence-electron chi connectivity index (χ0n) is 11.1. The molecule has 0 aliphatic carbocycles. The molecule has 1 atom stereocenters. The van der Waals surface area contributed by atoms with Crippen LogP contribution in [0.25, 0.3) is 0 Å². The van der Waals surface area contributed by atoms with Crippen LogP contribution >= 0.6 is 0 Å². The molecule has 0 aromatic rings. The fourth-order valence-electron chi connectivity index (χ4n) is 1.67. The molecule has 0 aromatic carbocycles. The molecular formula is C15H28O. The lowest BCUT2D eigenvalue weighted by Gasteiger charge is -2.02. The highest BCUT2D eigenvalue weighted by Crippen LogP contribution is 2.07. The first kappa shape index (κ1) is 15.5. The van der Waals surface area contributed by atoms with E-state index in [1.54, 1.807) is 0 Å². The third kappa shape index (κ3) is 11.6. The molecule has 0 aliphatic rings. The van der Waals surface area contributed by atoms with Crippen molar-refractivity contribution in [3.05, 3.63) is 0 Å². The number of aliphatic hydroxyl groups is 1. The molecule has 0 aliphatic heterocycles. The highest BCUT2D eigenvalue weighted by molar-refractivity contribution is 5.04. The largest absolute Gasteiger partial charge is 0.380 e. The van der Waals surface area contributed by atoms with E-state index in [2.05, 4.69) is 25.7 Å². The fraction of sp³-hybridized carbons (Fsp3) is 0.867. The van der Waals surface area contributed by atoms with Crippen molar-refractivity contribution >= 4 is 0 Å². The first-order chi connectivity index (χ1) is 7.81. The predicted molar refractivity (Wildman–Crippen MR) is 71.3 cm³/mol. The summed E-state index contributed by atoms with van der Waals surface area (Å²) in [5, 5.41) is 9.59. The molecule has 1 N–H and O–H groups in total. The number of unbranched alkanes of at least 4 members (excludes halogenated alkanes) is 7. The molecule has 0 saturated carbocycles. The van der Waals surface area contributed by atoms with Crippen molar-refractivity contribution in [2.24, 2.45) is 0 Å². The van der Waals surface area contributed by atoms with Gasteiger partial charge in [0, 0.05) is 6.42 Å². The van der Waals surface area contributed by atoms with Crippen LogP contribution in [0.5, 0.6) is 0 Å². The Morgan fingerprint density at radius 3 is 2.19 bits per heavy atom. The van der Waals surface area contributed by atoms with Crippen LogP contribution in [0.15, 0.2) is 0 Å². The highest BCUT2D eigenvalue weighted by Gasteiger charge is 1.98. The molecule has 0 amide bonds. The molecule has 1 heteroatoms. The Labute approximate surface area is 102 Å². The summed E-state index contributed by atoms with van der Waals surface area (Å²) < 4.78 is 0. The van der Waals surface area contributed by atoms with Gasteiger partial charge in [-0.2, -0.15) is 0 Å². The summed E-state index contributed by atoms with van der Waals surface area (Å²) in [4.78, 5) is 0. The molecule has 0 radical (unpaired) electrons. The zero-order valence-corrected chi connectivity index (χ0v) is 11.1. The lowest BCUT2D eigenvalue weighted by molar-refractivity contribution is 0.217. The van der Waals surface area contributed by atoms with Gasteiger partial charge in [-0.3, -0.25) is 0 Å². The number of rotatable bonds is 9. The molecule has 0 rings (SSSR count). The van der Waals surface area contributed by atoms with Crippen LogP contribution in [0.3, 0.4) is 0 Å². The van der Waals surface area contributed by atoms with E-state index in [9.17, 15) is 5.11 Å². The van der Waals surface area contributed by atoms with Crippen molar-refractivity contribution in [2.75, 3.05) is 0 Å². The van der Waals surface area contributed by atoms with E-state index < -0.39 is 0 Å². The number of aliphatic hydroxyl groups excluding tert-OH is 1. The van der Waals surface area contributed by atoms with Gasteiger partial charge in [-0.1, -0.05) is 58.3 Å². The van der Waals surface area contributed by atoms with Crippen LogP contribution in [-0.2, 0) is 0 Å². The van der Waals surface area contributed by atoms with E-state index in [-0.39, 0.29) is 6.10 Å². The summed E-state index contributed by atoms with van der Waals surface area (Å²) >= 11 is 0. The standard InChI is InChI=1S/C15H28O/c1-3-5-7-9-11-13-15(16)14-12-10-8-6-4-2/h15-16H,3-11,13H2,1-2H3.